The number of hydrogen-bond donors (Lipinski definition) is 1. The molecule has 4 aliphatic rings. The number of carbonyl (C=O) groups excluding carboxylic acids is 2. The molecule has 2 saturated carbocycles. The first kappa shape index (κ1) is 17.6. The van der Waals surface area contributed by atoms with Crippen LogP contribution in [0.2, 0.25) is 0 Å². The average Bonchev–Trinajstić information content (AvgIpc) is 3.51. The summed E-state index contributed by atoms with van der Waals surface area (Å²) in [4.78, 5) is 26.2. The Balaban J connectivity index is 1.66. The van der Waals surface area contributed by atoms with Gasteiger partial charge >= 0.3 is 11.9 Å². The van der Waals surface area contributed by atoms with E-state index >= 15 is 0 Å². The molecule has 26 heavy (non-hydrogen) atoms. The van der Waals surface area contributed by atoms with E-state index in [1.165, 1.54) is 26.0 Å². The van der Waals surface area contributed by atoms with Crippen LogP contribution in [0.5, 0.6) is 0 Å². The quantitative estimate of drug-likeness (QED) is 0.703. The fraction of sp³-hybridized carbons (Fsp3) is 0.611. The highest BCUT2D eigenvalue weighted by molar-refractivity contribution is 7.90. The van der Waals surface area contributed by atoms with Gasteiger partial charge in [0, 0.05) is 5.54 Å². The first-order chi connectivity index (χ1) is 12.2. The van der Waals surface area contributed by atoms with Gasteiger partial charge in [-0.15, -0.1) is 0 Å². The molecule has 0 spiro atoms. The van der Waals surface area contributed by atoms with Crippen LogP contribution >= 0.6 is 0 Å². The molecular weight excluding hydrogens is 354 g/mol. The molecule has 0 saturated heterocycles. The molecule has 0 aromatic carbocycles. The zero-order chi connectivity index (χ0) is 18.7. The summed E-state index contributed by atoms with van der Waals surface area (Å²) in [5.41, 5.74) is 0.444. The highest BCUT2D eigenvalue weighted by Crippen LogP contribution is 2.36. The molecular formula is C18H24N3O4S+. The van der Waals surface area contributed by atoms with Crippen molar-refractivity contribution in [3.05, 3.63) is 23.8 Å². The maximum atomic E-state index is 12.7. The molecule has 0 aromatic heterocycles. The Labute approximate surface area is 153 Å². The van der Waals surface area contributed by atoms with Gasteiger partial charge in [-0.05, 0) is 44.3 Å². The number of likely N-dealkylation sites (N-methyl/N-ethyl adjacent to an activating group) is 1. The number of hydrogen-bond acceptors (Lipinski definition) is 4. The second kappa shape index (κ2) is 5.85. The van der Waals surface area contributed by atoms with E-state index in [4.69, 9.17) is 0 Å². The number of nitrogens with one attached hydrogen (secondary N) is 1. The maximum absolute atomic E-state index is 12.7. The Morgan fingerprint density at radius 2 is 2.00 bits per heavy atom. The number of nitrogens with zero attached hydrogens (tertiary/aromatic N) is 2. The zero-order valence-corrected chi connectivity index (χ0v) is 15.9. The highest BCUT2D eigenvalue weighted by Gasteiger charge is 2.46. The second-order valence-corrected chi connectivity index (χ2v) is 9.87. The predicted molar refractivity (Wildman–Crippen MR) is 96.3 cm³/mol. The van der Waals surface area contributed by atoms with Crippen molar-refractivity contribution in [1.29, 1.82) is 0 Å². The van der Waals surface area contributed by atoms with Crippen LogP contribution in [0.4, 0.5) is 4.79 Å². The number of rotatable bonds is 6. The van der Waals surface area contributed by atoms with Crippen molar-refractivity contribution in [3.63, 3.8) is 0 Å². The van der Waals surface area contributed by atoms with E-state index < -0.39 is 21.2 Å². The van der Waals surface area contributed by atoms with Crippen LogP contribution < -0.4 is 4.72 Å². The summed E-state index contributed by atoms with van der Waals surface area (Å²) in [5, 5.41) is -0.908. The van der Waals surface area contributed by atoms with Crippen LogP contribution in [0.15, 0.2) is 23.8 Å². The van der Waals surface area contributed by atoms with Gasteiger partial charge in [-0.3, -0.25) is 0 Å². The molecule has 4 rings (SSSR count). The Morgan fingerprint density at radius 3 is 2.62 bits per heavy atom. The Hall–Kier alpha value is -1.80. The van der Waals surface area contributed by atoms with Gasteiger partial charge < -0.3 is 0 Å². The van der Waals surface area contributed by atoms with Gasteiger partial charge in [0.25, 0.3) is 0 Å². The van der Waals surface area contributed by atoms with Crippen LogP contribution in [0, 0.1) is 5.92 Å². The molecule has 3 amide bonds. The van der Waals surface area contributed by atoms with Gasteiger partial charge in [0.05, 0.1) is 13.6 Å². The van der Waals surface area contributed by atoms with Crippen LogP contribution in [0.1, 0.15) is 39.0 Å². The molecule has 1 atom stereocenters. The number of fused-ring (bicyclic) bond motifs is 1. The maximum Gasteiger partial charge on any atom is 0.501 e. The third-order valence-electron chi connectivity index (χ3n) is 5.60. The van der Waals surface area contributed by atoms with E-state index in [0.29, 0.717) is 23.7 Å². The van der Waals surface area contributed by atoms with Crippen LogP contribution in [-0.4, -0.2) is 59.9 Å². The van der Waals surface area contributed by atoms with Gasteiger partial charge in [-0.25, -0.2) is 17.9 Å². The van der Waals surface area contributed by atoms with Gasteiger partial charge in [0.2, 0.25) is 10.0 Å². The summed E-state index contributed by atoms with van der Waals surface area (Å²) in [6, 6.07) is -0.350. The molecule has 3 aliphatic carbocycles. The Morgan fingerprint density at radius 1 is 1.31 bits per heavy atom. The van der Waals surface area contributed by atoms with Crippen molar-refractivity contribution in [2.75, 3.05) is 13.6 Å². The number of sulfonamides is 1. The molecule has 0 radical (unpaired) electrons. The predicted octanol–water partition coefficient (Wildman–Crippen LogP) is 1.17. The summed E-state index contributed by atoms with van der Waals surface area (Å²) in [7, 11) is -2.18. The molecule has 8 heteroatoms. The van der Waals surface area contributed by atoms with E-state index in [1.54, 1.807) is 16.7 Å². The summed E-state index contributed by atoms with van der Waals surface area (Å²) in [5.74, 6) is 0.206. The molecule has 1 unspecified atom stereocenters. The molecule has 0 bridgehead atoms. The number of amides is 3. The minimum absolute atomic E-state index is 0.293. The third kappa shape index (κ3) is 3.16. The van der Waals surface area contributed by atoms with E-state index in [9.17, 15) is 18.0 Å². The number of allylic oxidation sites excluding steroid dienone is 1. The first-order valence-electron chi connectivity index (χ1n) is 9.10. The average molecular weight is 378 g/mol. The summed E-state index contributed by atoms with van der Waals surface area (Å²) >= 11 is 0. The lowest BCUT2D eigenvalue weighted by atomic mass is 9.99. The Bertz CT molecular complexity index is 876. The van der Waals surface area contributed by atoms with Crippen LogP contribution in [0.25, 0.3) is 0 Å². The van der Waals surface area contributed by atoms with E-state index in [0.717, 1.165) is 24.2 Å². The SMILES string of the molecule is CN1C(=O)C2=CC(S(=O)(=O)NC3(C)CC3)C=CC2=[N+](CCC2CC2)C1=O. The lowest BCUT2D eigenvalue weighted by Crippen LogP contribution is -2.50. The molecule has 140 valence electrons. The first-order valence-corrected chi connectivity index (χ1v) is 10.6. The van der Waals surface area contributed by atoms with Crippen LogP contribution in [0.3, 0.4) is 0 Å². The van der Waals surface area contributed by atoms with Crippen molar-refractivity contribution in [2.24, 2.45) is 5.92 Å². The second-order valence-electron chi connectivity index (χ2n) is 8.03. The largest absolute Gasteiger partial charge is 0.501 e. The topological polar surface area (TPSA) is 86.6 Å². The highest BCUT2D eigenvalue weighted by atomic mass is 32.2. The summed E-state index contributed by atoms with van der Waals surface area (Å²) < 4.78 is 29.6. The van der Waals surface area contributed by atoms with Gasteiger partial charge in [-0.1, -0.05) is 18.9 Å². The standard InChI is InChI=1S/C18H24N3O4S/c1-18(8-9-18)19-26(24,25)13-5-6-15-14(11-13)16(22)20(2)17(23)21(15)10-7-12-3-4-12/h5-6,11-13,19H,3-4,7-10H2,1-2H3/q+1. The summed E-state index contributed by atoms with van der Waals surface area (Å²) in [6.45, 7) is 2.42. The molecule has 0 aromatic rings. The van der Waals surface area contributed by atoms with Gasteiger partial charge in [0.15, 0.2) is 0 Å². The lowest BCUT2D eigenvalue weighted by Gasteiger charge is -2.25. The van der Waals surface area contributed by atoms with Crippen molar-refractivity contribution in [2.45, 2.75) is 49.8 Å². The van der Waals surface area contributed by atoms with Crippen molar-refractivity contribution < 1.29 is 22.6 Å². The fourth-order valence-corrected chi connectivity index (χ4v) is 5.00. The molecule has 7 nitrogen and oxygen atoms in total. The van der Waals surface area contributed by atoms with Gasteiger partial charge in [-0.2, -0.15) is 14.3 Å². The molecule has 1 aliphatic heterocycles. The number of urea groups is 1. The van der Waals surface area contributed by atoms with Gasteiger partial charge in [0.1, 0.15) is 16.5 Å². The normalized spacial score (nSPS) is 27.5. The summed E-state index contributed by atoms with van der Waals surface area (Å²) in [6.07, 6.45) is 9.57. The lowest BCUT2D eigenvalue weighted by molar-refractivity contribution is -0.436. The zero-order valence-electron chi connectivity index (χ0n) is 15.1. The van der Waals surface area contributed by atoms with E-state index in [1.807, 2.05) is 6.92 Å². The van der Waals surface area contributed by atoms with Crippen molar-refractivity contribution in [1.82, 2.24) is 9.62 Å². The minimum atomic E-state index is -3.62. The van der Waals surface area contributed by atoms with Crippen LogP contribution in [-0.2, 0) is 14.8 Å². The Kier molecular flexibility index (Phi) is 3.96. The van der Waals surface area contributed by atoms with E-state index in [-0.39, 0.29) is 11.6 Å². The van der Waals surface area contributed by atoms with Crippen molar-refractivity contribution >= 4 is 27.7 Å². The molecule has 2 fully saturated rings. The fourth-order valence-electron chi connectivity index (χ4n) is 3.38. The molecule has 1 heterocycles. The van der Waals surface area contributed by atoms with Crippen molar-refractivity contribution in [3.8, 4) is 0 Å². The van der Waals surface area contributed by atoms with E-state index in [2.05, 4.69) is 4.72 Å². The molecule has 1 N–H and O–H groups in total. The monoisotopic (exact) mass is 378 g/mol. The minimum Gasteiger partial charge on any atom is -0.241 e. The third-order valence-corrected chi connectivity index (χ3v) is 7.39. The number of carbonyl (C=O) groups is 2. The number of imide groups is 1. The smallest absolute Gasteiger partial charge is 0.241 e.